The third-order valence-electron chi connectivity index (χ3n) is 2.19. The van der Waals surface area contributed by atoms with Gasteiger partial charge in [0, 0.05) is 30.5 Å². The first-order chi connectivity index (χ1) is 7.72. The van der Waals surface area contributed by atoms with Crippen molar-refractivity contribution in [3.05, 3.63) is 16.1 Å². The molecule has 0 saturated heterocycles. The van der Waals surface area contributed by atoms with Crippen LogP contribution in [0.5, 0.6) is 0 Å². The highest BCUT2D eigenvalue weighted by Crippen LogP contribution is 2.08. The number of carbonyl (C=O) groups is 1. The predicted molar refractivity (Wildman–Crippen MR) is 66.5 cm³/mol. The molecule has 0 radical (unpaired) electrons. The maximum atomic E-state index is 11.3. The van der Waals surface area contributed by atoms with Gasteiger partial charge in [-0.25, -0.2) is 4.98 Å². The molecule has 1 heterocycles. The molecule has 1 amide bonds. The Balaban J connectivity index is 2.08. The van der Waals surface area contributed by atoms with E-state index in [4.69, 9.17) is 5.73 Å². The van der Waals surface area contributed by atoms with Crippen LogP contribution in [0, 0.1) is 6.92 Å². The van der Waals surface area contributed by atoms with Gasteiger partial charge in [0.1, 0.15) is 0 Å². The number of nitrogens with two attached hydrogens (primary N) is 1. The lowest BCUT2D eigenvalue weighted by atomic mass is 10.2. The smallest absolute Gasteiger partial charge is 0.220 e. The van der Waals surface area contributed by atoms with Crippen LogP contribution in [0.25, 0.3) is 0 Å². The normalized spacial score (nSPS) is 10.4. The lowest BCUT2D eigenvalue weighted by molar-refractivity contribution is -0.121. The molecule has 0 unspecified atom stereocenters. The number of rotatable bonds is 7. The van der Waals surface area contributed by atoms with Gasteiger partial charge in [-0.15, -0.1) is 11.3 Å². The molecule has 0 fully saturated rings. The van der Waals surface area contributed by atoms with Crippen molar-refractivity contribution in [2.75, 3.05) is 13.1 Å². The first-order valence-corrected chi connectivity index (χ1v) is 6.48. The Hall–Kier alpha value is -0.940. The average molecular weight is 241 g/mol. The molecule has 0 aliphatic rings. The molecular weight excluding hydrogens is 222 g/mol. The average Bonchev–Trinajstić information content (AvgIpc) is 2.65. The van der Waals surface area contributed by atoms with Gasteiger partial charge in [-0.05, 0) is 26.3 Å². The molecule has 0 bridgehead atoms. The molecule has 1 aromatic rings. The monoisotopic (exact) mass is 241 g/mol. The van der Waals surface area contributed by atoms with E-state index in [1.165, 1.54) is 0 Å². The summed E-state index contributed by atoms with van der Waals surface area (Å²) in [6.45, 7) is 3.31. The second-order valence-electron chi connectivity index (χ2n) is 3.73. The molecule has 0 aromatic carbocycles. The predicted octanol–water partition coefficient (Wildman–Crippen LogP) is 1.24. The van der Waals surface area contributed by atoms with Crippen LogP contribution in [-0.4, -0.2) is 24.0 Å². The first-order valence-electron chi connectivity index (χ1n) is 5.60. The third kappa shape index (κ3) is 5.23. The summed E-state index contributed by atoms with van der Waals surface area (Å²) in [5.74, 6) is 0.113. The number of nitrogens with zero attached hydrogens (tertiary/aromatic N) is 1. The molecule has 0 aliphatic heterocycles. The highest BCUT2D eigenvalue weighted by molar-refractivity contribution is 7.09. The Bertz CT molecular complexity index is 325. The fourth-order valence-electron chi connectivity index (χ4n) is 1.34. The summed E-state index contributed by atoms with van der Waals surface area (Å²) in [6.07, 6.45) is 3.19. The Labute approximate surface area is 100 Å². The van der Waals surface area contributed by atoms with Gasteiger partial charge in [0.05, 0.1) is 5.01 Å². The summed E-state index contributed by atoms with van der Waals surface area (Å²) < 4.78 is 0. The van der Waals surface area contributed by atoms with Crippen LogP contribution in [-0.2, 0) is 11.2 Å². The number of hydrogen-bond donors (Lipinski definition) is 2. The van der Waals surface area contributed by atoms with Crippen LogP contribution in [0.1, 0.15) is 30.0 Å². The molecule has 1 aromatic heterocycles. The van der Waals surface area contributed by atoms with E-state index in [2.05, 4.69) is 10.3 Å². The fourth-order valence-corrected chi connectivity index (χ4v) is 2.12. The van der Waals surface area contributed by atoms with E-state index in [0.29, 0.717) is 19.5 Å². The minimum absolute atomic E-state index is 0.113. The Morgan fingerprint density at radius 3 is 3.00 bits per heavy atom. The van der Waals surface area contributed by atoms with Crippen molar-refractivity contribution >= 4 is 17.2 Å². The molecule has 1 rings (SSSR count). The molecule has 0 spiro atoms. The Kier molecular flexibility index (Phi) is 6.03. The van der Waals surface area contributed by atoms with E-state index in [1.807, 2.05) is 12.3 Å². The summed E-state index contributed by atoms with van der Waals surface area (Å²) >= 11 is 1.64. The van der Waals surface area contributed by atoms with Gasteiger partial charge in [-0.2, -0.15) is 0 Å². The SMILES string of the molecule is Cc1csc(CCNC(=O)CCCCN)n1. The van der Waals surface area contributed by atoms with E-state index in [-0.39, 0.29) is 5.91 Å². The summed E-state index contributed by atoms with van der Waals surface area (Å²) in [5.41, 5.74) is 6.40. The molecule has 5 heteroatoms. The topological polar surface area (TPSA) is 68.0 Å². The maximum absolute atomic E-state index is 11.3. The van der Waals surface area contributed by atoms with Crippen LogP contribution in [0.4, 0.5) is 0 Å². The van der Waals surface area contributed by atoms with Gasteiger partial charge in [0.15, 0.2) is 0 Å². The minimum Gasteiger partial charge on any atom is -0.356 e. The quantitative estimate of drug-likeness (QED) is 0.706. The summed E-state index contributed by atoms with van der Waals surface area (Å²) in [4.78, 5) is 15.7. The number of carbonyl (C=O) groups excluding carboxylic acids is 1. The zero-order valence-corrected chi connectivity index (χ0v) is 10.5. The van der Waals surface area contributed by atoms with E-state index in [9.17, 15) is 4.79 Å². The van der Waals surface area contributed by atoms with Crippen molar-refractivity contribution in [2.45, 2.75) is 32.6 Å². The number of unbranched alkanes of at least 4 members (excludes halogenated alkanes) is 1. The van der Waals surface area contributed by atoms with Crippen LogP contribution in [0.15, 0.2) is 5.38 Å². The van der Waals surface area contributed by atoms with Gasteiger partial charge in [0.2, 0.25) is 5.91 Å². The van der Waals surface area contributed by atoms with Crippen molar-refractivity contribution < 1.29 is 4.79 Å². The van der Waals surface area contributed by atoms with Crippen LogP contribution in [0.3, 0.4) is 0 Å². The number of hydrogen-bond acceptors (Lipinski definition) is 4. The van der Waals surface area contributed by atoms with Crippen LogP contribution < -0.4 is 11.1 Å². The standard InChI is InChI=1S/C11H19N3OS/c1-9-8-16-11(14-9)5-7-13-10(15)4-2-3-6-12/h8H,2-7,12H2,1H3,(H,13,15). The van der Waals surface area contributed by atoms with Crippen LogP contribution in [0.2, 0.25) is 0 Å². The van der Waals surface area contributed by atoms with E-state index >= 15 is 0 Å². The van der Waals surface area contributed by atoms with Gasteiger partial charge < -0.3 is 11.1 Å². The first kappa shape index (κ1) is 13.1. The highest BCUT2D eigenvalue weighted by Gasteiger charge is 2.02. The Morgan fingerprint density at radius 2 is 2.38 bits per heavy atom. The summed E-state index contributed by atoms with van der Waals surface area (Å²) in [6, 6.07) is 0. The van der Waals surface area contributed by atoms with Crippen molar-refractivity contribution in [2.24, 2.45) is 5.73 Å². The zero-order chi connectivity index (χ0) is 11.8. The lowest BCUT2D eigenvalue weighted by Gasteiger charge is -2.03. The second kappa shape index (κ2) is 7.35. The minimum atomic E-state index is 0.113. The van der Waals surface area contributed by atoms with Crippen molar-refractivity contribution in [1.29, 1.82) is 0 Å². The van der Waals surface area contributed by atoms with Crippen molar-refractivity contribution in [3.8, 4) is 0 Å². The van der Waals surface area contributed by atoms with Gasteiger partial charge in [-0.3, -0.25) is 4.79 Å². The van der Waals surface area contributed by atoms with Crippen molar-refractivity contribution in [1.82, 2.24) is 10.3 Å². The van der Waals surface area contributed by atoms with Gasteiger partial charge in [0.25, 0.3) is 0 Å². The number of thiazole rings is 1. The molecule has 16 heavy (non-hydrogen) atoms. The fraction of sp³-hybridized carbons (Fsp3) is 0.636. The van der Waals surface area contributed by atoms with Crippen LogP contribution >= 0.6 is 11.3 Å². The highest BCUT2D eigenvalue weighted by atomic mass is 32.1. The molecular formula is C11H19N3OS. The summed E-state index contributed by atoms with van der Waals surface area (Å²) in [7, 11) is 0. The van der Waals surface area contributed by atoms with Gasteiger partial charge >= 0.3 is 0 Å². The zero-order valence-electron chi connectivity index (χ0n) is 9.66. The molecule has 4 nitrogen and oxygen atoms in total. The summed E-state index contributed by atoms with van der Waals surface area (Å²) in [5, 5.41) is 6.00. The molecule has 90 valence electrons. The van der Waals surface area contributed by atoms with Crippen molar-refractivity contribution in [3.63, 3.8) is 0 Å². The number of aromatic nitrogens is 1. The second-order valence-corrected chi connectivity index (χ2v) is 4.67. The van der Waals surface area contributed by atoms with Gasteiger partial charge in [-0.1, -0.05) is 0 Å². The molecule has 3 N–H and O–H groups in total. The van der Waals surface area contributed by atoms with E-state index in [0.717, 1.165) is 30.0 Å². The molecule has 0 atom stereocenters. The third-order valence-corrected chi connectivity index (χ3v) is 3.21. The van der Waals surface area contributed by atoms with E-state index < -0.39 is 0 Å². The van der Waals surface area contributed by atoms with E-state index in [1.54, 1.807) is 11.3 Å². The number of amides is 1. The number of nitrogens with one attached hydrogen (secondary N) is 1. The largest absolute Gasteiger partial charge is 0.356 e. The lowest BCUT2D eigenvalue weighted by Crippen LogP contribution is -2.25. The maximum Gasteiger partial charge on any atom is 0.220 e. The molecule has 0 saturated carbocycles. The number of aryl methyl sites for hydroxylation is 1. The Morgan fingerprint density at radius 1 is 1.56 bits per heavy atom. The molecule has 0 aliphatic carbocycles.